The van der Waals surface area contributed by atoms with Gasteiger partial charge in [0.2, 0.25) is 0 Å². The summed E-state index contributed by atoms with van der Waals surface area (Å²) in [4.78, 5) is 9.75. The van der Waals surface area contributed by atoms with Crippen LogP contribution < -0.4 is 0 Å². The summed E-state index contributed by atoms with van der Waals surface area (Å²) < 4.78 is 22.4. The van der Waals surface area contributed by atoms with Gasteiger partial charge in [0.25, 0.3) is 0 Å². The smallest absolute Gasteiger partial charge is 0.302 e. The molecule has 1 N–H and O–H groups in total. The van der Waals surface area contributed by atoms with Crippen molar-refractivity contribution in [3.63, 3.8) is 0 Å². The van der Waals surface area contributed by atoms with Crippen molar-refractivity contribution in [2.24, 2.45) is 0 Å². The fraction of sp³-hybridized carbons (Fsp3) is 1.00. The van der Waals surface area contributed by atoms with E-state index in [2.05, 4.69) is 0 Å². The topological polar surface area (TPSA) is 55.8 Å². The Morgan fingerprint density at radius 3 is 1.47 bits per heavy atom. The maximum absolute atomic E-state index is 11.9. The van der Waals surface area contributed by atoms with Crippen molar-refractivity contribution in [1.82, 2.24) is 0 Å². The Kier molecular flexibility index (Phi) is 6.37. The standard InChI is InChI=1S/C12H27O4P/c1-7-9-11(3,4)15-17(13,14)16-12(5,6)10-8-2/h7-10H2,1-6H3,(H,13,14). The molecule has 0 bridgehead atoms. The van der Waals surface area contributed by atoms with Gasteiger partial charge in [-0.05, 0) is 40.5 Å². The number of phosphoric acid groups is 1. The van der Waals surface area contributed by atoms with Crippen molar-refractivity contribution in [1.29, 1.82) is 0 Å². The van der Waals surface area contributed by atoms with E-state index in [0.29, 0.717) is 0 Å². The number of hydrogen-bond donors (Lipinski definition) is 1. The Morgan fingerprint density at radius 1 is 0.941 bits per heavy atom. The van der Waals surface area contributed by atoms with Crippen LogP contribution in [-0.2, 0) is 13.6 Å². The van der Waals surface area contributed by atoms with Crippen LogP contribution in [0.25, 0.3) is 0 Å². The summed E-state index contributed by atoms with van der Waals surface area (Å²) in [5.74, 6) is 0. The predicted molar refractivity (Wildman–Crippen MR) is 70.0 cm³/mol. The average Bonchev–Trinajstić information content (AvgIpc) is 1.96. The van der Waals surface area contributed by atoms with E-state index in [1.54, 1.807) is 27.7 Å². The fourth-order valence-corrected chi connectivity index (χ4v) is 3.41. The Bertz CT molecular complexity index is 250. The normalized spacial score (nSPS) is 14.1. The molecule has 0 aliphatic rings. The highest BCUT2D eigenvalue weighted by molar-refractivity contribution is 7.47. The molecule has 0 aromatic heterocycles. The van der Waals surface area contributed by atoms with Crippen LogP contribution in [0.2, 0.25) is 0 Å². The zero-order valence-corrected chi connectivity index (χ0v) is 12.8. The van der Waals surface area contributed by atoms with Gasteiger partial charge in [-0.3, -0.25) is 9.05 Å². The van der Waals surface area contributed by atoms with E-state index in [0.717, 1.165) is 25.7 Å². The SMILES string of the molecule is CCCC(C)(C)OP(=O)(O)OC(C)(C)CCC. The first-order chi connectivity index (χ1) is 7.54. The highest BCUT2D eigenvalue weighted by Crippen LogP contribution is 2.51. The number of phosphoric ester groups is 1. The molecule has 0 rings (SSSR count). The molecule has 0 heterocycles. The number of hydrogen-bond acceptors (Lipinski definition) is 3. The molecule has 0 aromatic carbocycles. The molecule has 4 nitrogen and oxygen atoms in total. The van der Waals surface area contributed by atoms with Crippen LogP contribution >= 0.6 is 7.82 Å². The van der Waals surface area contributed by atoms with Gasteiger partial charge in [0.05, 0.1) is 11.2 Å². The first-order valence-electron chi connectivity index (χ1n) is 6.28. The van der Waals surface area contributed by atoms with Crippen molar-refractivity contribution in [2.45, 2.75) is 78.4 Å². The zero-order valence-electron chi connectivity index (χ0n) is 11.9. The van der Waals surface area contributed by atoms with Gasteiger partial charge >= 0.3 is 7.82 Å². The summed E-state index contributed by atoms with van der Waals surface area (Å²) in [6.45, 7) is 11.2. The molecule has 0 fully saturated rings. The summed E-state index contributed by atoms with van der Waals surface area (Å²) in [5, 5.41) is 0. The van der Waals surface area contributed by atoms with Crippen molar-refractivity contribution in [2.75, 3.05) is 0 Å². The van der Waals surface area contributed by atoms with Crippen LogP contribution in [0.15, 0.2) is 0 Å². The molecular formula is C12H27O4P. The van der Waals surface area contributed by atoms with E-state index >= 15 is 0 Å². The molecule has 0 atom stereocenters. The first kappa shape index (κ1) is 17.1. The van der Waals surface area contributed by atoms with E-state index in [9.17, 15) is 9.46 Å². The van der Waals surface area contributed by atoms with Crippen molar-refractivity contribution < 1.29 is 18.5 Å². The van der Waals surface area contributed by atoms with E-state index < -0.39 is 19.0 Å². The lowest BCUT2D eigenvalue weighted by Crippen LogP contribution is -2.28. The average molecular weight is 266 g/mol. The zero-order chi connectivity index (χ0) is 13.7. The van der Waals surface area contributed by atoms with Crippen LogP contribution in [0.4, 0.5) is 0 Å². The molecule has 0 aliphatic carbocycles. The predicted octanol–water partition coefficient (Wildman–Crippen LogP) is 4.28. The lowest BCUT2D eigenvalue weighted by molar-refractivity contribution is -0.00307. The Morgan fingerprint density at radius 2 is 1.24 bits per heavy atom. The Hall–Kier alpha value is 0.110. The summed E-state index contributed by atoms with van der Waals surface area (Å²) in [6, 6.07) is 0. The molecule has 0 radical (unpaired) electrons. The molecule has 0 saturated heterocycles. The molecule has 0 aliphatic heterocycles. The Labute approximate surface area is 105 Å². The quantitative estimate of drug-likeness (QED) is 0.666. The van der Waals surface area contributed by atoms with Gasteiger partial charge in [0, 0.05) is 0 Å². The number of rotatable bonds is 8. The minimum Gasteiger partial charge on any atom is -0.302 e. The van der Waals surface area contributed by atoms with Crippen LogP contribution in [0.5, 0.6) is 0 Å². The van der Waals surface area contributed by atoms with E-state index in [-0.39, 0.29) is 0 Å². The molecule has 0 saturated carbocycles. The van der Waals surface area contributed by atoms with Gasteiger partial charge in [-0.2, -0.15) is 0 Å². The van der Waals surface area contributed by atoms with Gasteiger partial charge in [0.1, 0.15) is 0 Å². The van der Waals surface area contributed by atoms with E-state index in [4.69, 9.17) is 9.05 Å². The second-order valence-corrected chi connectivity index (χ2v) is 6.97. The maximum atomic E-state index is 11.9. The molecule has 0 aromatic rings. The second kappa shape index (κ2) is 6.33. The highest BCUT2D eigenvalue weighted by Gasteiger charge is 2.36. The molecule has 0 unspecified atom stereocenters. The van der Waals surface area contributed by atoms with Crippen molar-refractivity contribution in [3.8, 4) is 0 Å². The monoisotopic (exact) mass is 266 g/mol. The third kappa shape index (κ3) is 7.93. The Balaban J connectivity index is 4.53. The van der Waals surface area contributed by atoms with E-state index in [1.165, 1.54) is 0 Å². The van der Waals surface area contributed by atoms with Crippen LogP contribution in [0.1, 0.15) is 67.2 Å². The van der Waals surface area contributed by atoms with Crippen LogP contribution in [0.3, 0.4) is 0 Å². The fourth-order valence-electron chi connectivity index (χ4n) is 1.94. The van der Waals surface area contributed by atoms with Gasteiger partial charge in [0.15, 0.2) is 0 Å². The largest absolute Gasteiger partial charge is 0.473 e. The van der Waals surface area contributed by atoms with Gasteiger partial charge in [-0.1, -0.05) is 26.7 Å². The van der Waals surface area contributed by atoms with Gasteiger partial charge in [-0.25, -0.2) is 4.57 Å². The van der Waals surface area contributed by atoms with E-state index in [1.807, 2.05) is 13.8 Å². The van der Waals surface area contributed by atoms with Gasteiger partial charge in [-0.15, -0.1) is 0 Å². The minimum absolute atomic E-state index is 0.638. The minimum atomic E-state index is -3.99. The third-order valence-electron chi connectivity index (χ3n) is 2.43. The lowest BCUT2D eigenvalue weighted by atomic mass is 10.0. The highest BCUT2D eigenvalue weighted by atomic mass is 31.2. The molecule has 0 spiro atoms. The summed E-state index contributed by atoms with van der Waals surface area (Å²) in [5.41, 5.74) is -1.28. The molecular weight excluding hydrogens is 239 g/mol. The van der Waals surface area contributed by atoms with Crippen LogP contribution in [0, 0.1) is 0 Å². The molecule has 0 amide bonds. The molecule has 5 heteroatoms. The van der Waals surface area contributed by atoms with Gasteiger partial charge < -0.3 is 4.89 Å². The summed E-state index contributed by atoms with van der Waals surface area (Å²) in [6.07, 6.45) is 3.22. The lowest BCUT2D eigenvalue weighted by Gasteiger charge is -2.31. The third-order valence-corrected chi connectivity index (χ3v) is 3.88. The van der Waals surface area contributed by atoms with Crippen molar-refractivity contribution >= 4 is 7.82 Å². The van der Waals surface area contributed by atoms with Crippen LogP contribution in [-0.4, -0.2) is 16.1 Å². The molecule has 104 valence electrons. The summed E-state index contributed by atoms with van der Waals surface area (Å²) >= 11 is 0. The summed E-state index contributed by atoms with van der Waals surface area (Å²) in [7, 11) is -3.99. The molecule has 17 heavy (non-hydrogen) atoms. The second-order valence-electron chi connectivity index (χ2n) is 5.67. The maximum Gasteiger partial charge on any atom is 0.473 e. The van der Waals surface area contributed by atoms with Crippen molar-refractivity contribution in [3.05, 3.63) is 0 Å². The first-order valence-corrected chi connectivity index (χ1v) is 7.77.